The quantitative estimate of drug-likeness (QED) is 0.644. The van der Waals surface area contributed by atoms with Crippen LogP contribution in [-0.4, -0.2) is 31.7 Å². The number of fused-ring (bicyclic) bond motifs is 1. The fraction of sp³-hybridized carbons (Fsp3) is 0.417. The zero-order valence-electron chi connectivity index (χ0n) is 18.0. The predicted molar refractivity (Wildman–Crippen MR) is 115 cm³/mol. The molecular formula is C24H30N4O. The van der Waals surface area contributed by atoms with E-state index in [9.17, 15) is 4.79 Å². The van der Waals surface area contributed by atoms with Gasteiger partial charge in [-0.2, -0.15) is 5.10 Å². The zero-order valence-corrected chi connectivity index (χ0v) is 18.0. The Balaban J connectivity index is 1.77. The number of carbonyl (C=O) groups excluding carboxylic acids is 1. The van der Waals surface area contributed by atoms with Crippen molar-refractivity contribution in [3.8, 4) is 0 Å². The molecule has 2 aromatic heterocycles. The largest absolute Gasteiger partial charge is 0.348 e. The van der Waals surface area contributed by atoms with Gasteiger partial charge in [-0.3, -0.25) is 9.48 Å². The lowest BCUT2D eigenvalue weighted by Gasteiger charge is -2.37. The van der Waals surface area contributed by atoms with Gasteiger partial charge in [0.25, 0.3) is 5.91 Å². The standard InChI is InChI=1S/C24H30N4O/c1-17(2)21-16-19(25-28(21)24(3,4)5)23(29)27-15-14-26-13-9-12-20(26)22(27)18-10-7-6-8-11-18/h6-13,16-17,22H,14-15H2,1-5H3/t22-/m1/s1. The topological polar surface area (TPSA) is 43.1 Å². The summed E-state index contributed by atoms with van der Waals surface area (Å²) in [5.41, 5.74) is 3.73. The van der Waals surface area contributed by atoms with Crippen molar-refractivity contribution < 1.29 is 4.79 Å². The number of aromatic nitrogens is 3. The highest BCUT2D eigenvalue weighted by atomic mass is 16.2. The van der Waals surface area contributed by atoms with Crippen LogP contribution in [0.25, 0.3) is 0 Å². The summed E-state index contributed by atoms with van der Waals surface area (Å²) >= 11 is 0. The van der Waals surface area contributed by atoms with Gasteiger partial charge >= 0.3 is 0 Å². The summed E-state index contributed by atoms with van der Waals surface area (Å²) in [6, 6.07) is 16.3. The number of hydrogen-bond acceptors (Lipinski definition) is 2. The summed E-state index contributed by atoms with van der Waals surface area (Å²) in [4.78, 5) is 15.6. The van der Waals surface area contributed by atoms with Gasteiger partial charge in [-0.1, -0.05) is 44.2 Å². The van der Waals surface area contributed by atoms with Crippen LogP contribution in [0.3, 0.4) is 0 Å². The third kappa shape index (κ3) is 3.50. The predicted octanol–water partition coefficient (Wildman–Crippen LogP) is 4.81. The van der Waals surface area contributed by atoms with Gasteiger partial charge < -0.3 is 9.47 Å². The number of hydrogen-bond donors (Lipinski definition) is 0. The van der Waals surface area contributed by atoms with Crippen LogP contribution >= 0.6 is 0 Å². The minimum absolute atomic E-state index is 0.00352. The molecule has 0 N–H and O–H groups in total. The fourth-order valence-corrected chi connectivity index (χ4v) is 4.18. The molecule has 5 nitrogen and oxygen atoms in total. The average molecular weight is 391 g/mol. The second kappa shape index (κ2) is 7.21. The van der Waals surface area contributed by atoms with E-state index in [1.54, 1.807) is 0 Å². The van der Waals surface area contributed by atoms with E-state index in [4.69, 9.17) is 5.10 Å². The van der Waals surface area contributed by atoms with E-state index in [0.717, 1.165) is 23.5 Å². The van der Waals surface area contributed by atoms with Gasteiger partial charge in [-0.25, -0.2) is 0 Å². The van der Waals surface area contributed by atoms with Crippen LogP contribution in [0.4, 0.5) is 0 Å². The summed E-state index contributed by atoms with van der Waals surface area (Å²) in [7, 11) is 0. The van der Waals surface area contributed by atoms with Gasteiger partial charge in [0.2, 0.25) is 0 Å². The first kappa shape index (κ1) is 19.5. The molecular weight excluding hydrogens is 360 g/mol. The molecule has 0 spiro atoms. The molecule has 29 heavy (non-hydrogen) atoms. The molecule has 1 amide bonds. The van der Waals surface area contributed by atoms with Crippen molar-refractivity contribution in [2.24, 2.45) is 0 Å². The molecule has 0 saturated heterocycles. The van der Waals surface area contributed by atoms with Gasteiger partial charge in [-0.05, 0) is 50.5 Å². The van der Waals surface area contributed by atoms with Gasteiger partial charge in [0.1, 0.15) is 0 Å². The van der Waals surface area contributed by atoms with Crippen LogP contribution in [-0.2, 0) is 12.1 Å². The molecule has 3 heterocycles. The molecule has 0 saturated carbocycles. The maximum Gasteiger partial charge on any atom is 0.275 e. The van der Waals surface area contributed by atoms with Crippen LogP contribution in [0.15, 0.2) is 54.7 Å². The summed E-state index contributed by atoms with van der Waals surface area (Å²) in [5.74, 6) is 0.294. The first-order chi connectivity index (χ1) is 13.8. The number of rotatable bonds is 3. The molecule has 0 unspecified atom stereocenters. The number of carbonyl (C=O) groups is 1. The van der Waals surface area contributed by atoms with Crippen LogP contribution in [0.2, 0.25) is 0 Å². The van der Waals surface area contributed by atoms with E-state index < -0.39 is 0 Å². The molecule has 3 aromatic rings. The highest BCUT2D eigenvalue weighted by molar-refractivity contribution is 5.93. The molecule has 0 fully saturated rings. The van der Waals surface area contributed by atoms with Crippen molar-refractivity contribution in [3.05, 3.63) is 77.4 Å². The molecule has 1 atom stereocenters. The SMILES string of the molecule is CC(C)c1cc(C(=O)N2CCn3cccc3[C@H]2c2ccccc2)nn1C(C)(C)C. The Kier molecular flexibility index (Phi) is 4.85. The van der Waals surface area contributed by atoms with E-state index in [2.05, 4.69) is 69.6 Å². The third-order valence-electron chi connectivity index (χ3n) is 5.60. The molecule has 1 aromatic carbocycles. The summed E-state index contributed by atoms with van der Waals surface area (Å²) in [6.45, 7) is 12.1. The summed E-state index contributed by atoms with van der Waals surface area (Å²) in [5, 5.41) is 4.77. The molecule has 4 rings (SSSR count). The fourth-order valence-electron chi connectivity index (χ4n) is 4.18. The Morgan fingerprint density at radius 3 is 2.41 bits per heavy atom. The second-order valence-electron chi connectivity index (χ2n) is 9.13. The van der Waals surface area contributed by atoms with E-state index in [0.29, 0.717) is 18.2 Å². The lowest BCUT2D eigenvalue weighted by molar-refractivity contribution is 0.0656. The normalized spacial score (nSPS) is 16.9. The first-order valence-corrected chi connectivity index (χ1v) is 10.4. The Bertz CT molecular complexity index is 1010. The van der Waals surface area contributed by atoms with Crippen molar-refractivity contribution in [1.29, 1.82) is 0 Å². The molecule has 0 aliphatic carbocycles. The lowest BCUT2D eigenvalue weighted by atomic mass is 9.99. The molecule has 152 valence electrons. The van der Waals surface area contributed by atoms with Crippen molar-refractivity contribution in [1.82, 2.24) is 19.2 Å². The van der Waals surface area contributed by atoms with Gasteiger partial charge in [0.05, 0.1) is 11.6 Å². The molecule has 1 aliphatic rings. The maximum absolute atomic E-state index is 13.7. The number of benzene rings is 1. The van der Waals surface area contributed by atoms with E-state index >= 15 is 0 Å². The molecule has 0 radical (unpaired) electrons. The Hall–Kier alpha value is -2.82. The van der Waals surface area contributed by atoms with Crippen molar-refractivity contribution in [2.75, 3.05) is 6.54 Å². The van der Waals surface area contributed by atoms with Crippen molar-refractivity contribution >= 4 is 5.91 Å². The van der Waals surface area contributed by atoms with Gasteiger partial charge in [0, 0.05) is 30.7 Å². The van der Waals surface area contributed by atoms with Gasteiger partial charge in [0.15, 0.2) is 5.69 Å². The molecule has 1 aliphatic heterocycles. The molecule has 5 heteroatoms. The highest BCUT2D eigenvalue weighted by Crippen LogP contribution is 2.34. The van der Waals surface area contributed by atoms with Crippen LogP contribution in [0.1, 0.15) is 74.0 Å². The van der Waals surface area contributed by atoms with Crippen LogP contribution in [0, 0.1) is 0 Å². The summed E-state index contributed by atoms with van der Waals surface area (Å²) in [6.07, 6.45) is 2.10. The minimum atomic E-state index is -0.173. The second-order valence-corrected chi connectivity index (χ2v) is 9.13. The average Bonchev–Trinajstić information content (AvgIpc) is 3.34. The molecule has 0 bridgehead atoms. The highest BCUT2D eigenvalue weighted by Gasteiger charge is 2.34. The monoisotopic (exact) mass is 390 g/mol. The van der Waals surface area contributed by atoms with Gasteiger partial charge in [-0.15, -0.1) is 0 Å². The Morgan fingerprint density at radius 2 is 1.79 bits per heavy atom. The number of nitrogens with zero attached hydrogens (tertiary/aromatic N) is 4. The zero-order chi connectivity index (χ0) is 20.8. The minimum Gasteiger partial charge on any atom is -0.348 e. The Labute approximate surface area is 173 Å². The van der Waals surface area contributed by atoms with E-state index in [-0.39, 0.29) is 17.5 Å². The number of amides is 1. The lowest BCUT2D eigenvalue weighted by Crippen LogP contribution is -2.42. The van der Waals surface area contributed by atoms with Crippen LogP contribution in [0.5, 0.6) is 0 Å². The Morgan fingerprint density at radius 1 is 1.07 bits per heavy atom. The van der Waals surface area contributed by atoms with E-state index in [1.165, 1.54) is 0 Å². The third-order valence-corrected chi connectivity index (χ3v) is 5.60. The van der Waals surface area contributed by atoms with E-state index in [1.807, 2.05) is 33.8 Å². The van der Waals surface area contributed by atoms with Crippen LogP contribution < -0.4 is 0 Å². The van der Waals surface area contributed by atoms with Crippen molar-refractivity contribution in [3.63, 3.8) is 0 Å². The summed E-state index contributed by atoms with van der Waals surface area (Å²) < 4.78 is 4.25. The van der Waals surface area contributed by atoms with Crippen molar-refractivity contribution in [2.45, 2.75) is 58.7 Å². The smallest absolute Gasteiger partial charge is 0.275 e. The first-order valence-electron chi connectivity index (χ1n) is 10.4. The maximum atomic E-state index is 13.7.